The van der Waals surface area contributed by atoms with Gasteiger partial charge in [-0.15, -0.1) is 0 Å². The molecule has 0 rings (SSSR count). The molecular weight excluding hydrogens is 611 g/mol. The van der Waals surface area contributed by atoms with E-state index < -0.39 is 51.8 Å². The van der Waals surface area contributed by atoms with Crippen molar-refractivity contribution in [2.45, 2.75) is 187 Å². The number of phosphoric ester groups is 1. The Labute approximate surface area is 280 Å². The van der Waals surface area contributed by atoms with Crippen LogP contribution in [0.25, 0.3) is 0 Å². The summed E-state index contributed by atoms with van der Waals surface area (Å²) >= 11 is 0. The van der Waals surface area contributed by atoms with Gasteiger partial charge in [0, 0.05) is 12.8 Å². The van der Waals surface area contributed by atoms with Crippen molar-refractivity contribution in [1.29, 1.82) is 0 Å². The highest BCUT2D eigenvalue weighted by molar-refractivity contribution is 7.47. The van der Waals surface area contributed by atoms with Gasteiger partial charge >= 0.3 is 19.8 Å². The zero-order valence-corrected chi connectivity index (χ0v) is 30.2. The highest BCUT2D eigenvalue weighted by atomic mass is 31.2. The number of hydrogen-bond donors (Lipinski definition) is 3. The summed E-state index contributed by atoms with van der Waals surface area (Å²) < 4.78 is 32.5. The molecule has 0 spiro atoms. The molecule has 10 nitrogen and oxygen atoms in total. The summed E-state index contributed by atoms with van der Waals surface area (Å²) in [4.78, 5) is 34.7. The minimum absolute atomic E-state index is 0.191. The molecule has 3 N–H and O–H groups in total. The second kappa shape index (κ2) is 32.5. The summed E-state index contributed by atoms with van der Waals surface area (Å²) in [6.45, 7) is 2.36. The average Bonchev–Trinajstić information content (AvgIpc) is 3.04. The zero-order chi connectivity index (χ0) is 34.1. The minimum atomic E-state index is -4.60. The van der Waals surface area contributed by atoms with Gasteiger partial charge in [-0.25, -0.2) is 4.57 Å². The van der Waals surface area contributed by atoms with Gasteiger partial charge in [0.25, 0.3) is 0 Å². The van der Waals surface area contributed by atoms with Gasteiger partial charge in [-0.1, -0.05) is 149 Å². The van der Waals surface area contributed by atoms with E-state index in [9.17, 15) is 24.2 Å². The van der Waals surface area contributed by atoms with Gasteiger partial charge in [-0.2, -0.15) is 0 Å². The molecule has 0 aliphatic rings. The molecule has 0 aliphatic heterocycles. The van der Waals surface area contributed by atoms with Crippen LogP contribution in [-0.4, -0.2) is 65.7 Å². The standard InChI is InChI=1S/C35H69O10P/c1-3-5-7-9-11-13-15-17-19-21-23-25-27-35(39)45-33(31-44-46(40,41)43-29-32(37)28-36)30-42-34(38)26-24-22-20-18-16-14-12-10-8-6-4-2/h32-33,36-37H,3-31H2,1-2H3,(H,40,41)/t32-,33+/m1/s1. The van der Waals surface area contributed by atoms with E-state index in [1.807, 2.05) is 0 Å². The number of ether oxygens (including phenoxy) is 2. The lowest BCUT2D eigenvalue weighted by Gasteiger charge is -2.20. The molecule has 0 aromatic carbocycles. The van der Waals surface area contributed by atoms with E-state index in [1.165, 1.54) is 96.3 Å². The predicted molar refractivity (Wildman–Crippen MR) is 182 cm³/mol. The molecule has 0 heterocycles. The third-order valence-electron chi connectivity index (χ3n) is 8.01. The normalized spacial score (nSPS) is 14.1. The summed E-state index contributed by atoms with van der Waals surface area (Å²) in [5.74, 6) is -0.918. The maximum atomic E-state index is 12.5. The van der Waals surface area contributed by atoms with Crippen LogP contribution in [0.3, 0.4) is 0 Å². The number of phosphoric acid groups is 1. The van der Waals surface area contributed by atoms with Crippen molar-refractivity contribution in [1.82, 2.24) is 0 Å². The number of hydrogen-bond acceptors (Lipinski definition) is 9. The number of unbranched alkanes of at least 4 members (excludes halogenated alkanes) is 21. The summed E-state index contributed by atoms with van der Waals surface area (Å²) in [6.07, 6.45) is 25.0. The first-order valence-corrected chi connectivity index (χ1v) is 20.0. The van der Waals surface area contributed by atoms with Crippen LogP contribution in [0.15, 0.2) is 0 Å². The fourth-order valence-electron chi connectivity index (χ4n) is 5.11. The number of esters is 2. The van der Waals surface area contributed by atoms with Crippen molar-refractivity contribution >= 4 is 19.8 Å². The summed E-state index contributed by atoms with van der Waals surface area (Å²) in [5, 5.41) is 18.2. The molecule has 0 aromatic heterocycles. The summed E-state index contributed by atoms with van der Waals surface area (Å²) in [7, 11) is -4.60. The van der Waals surface area contributed by atoms with Gasteiger partial charge in [0.1, 0.15) is 12.7 Å². The van der Waals surface area contributed by atoms with Crippen LogP contribution in [0, 0.1) is 0 Å². The first-order chi connectivity index (χ1) is 22.2. The summed E-state index contributed by atoms with van der Waals surface area (Å²) in [5.41, 5.74) is 0. The van der Waals surface area contributed by atoms with Crippen LogP contribution < -0.4 is 0 Å². The van der Waals surface area contributed by atoms with Crippen LogP contribution in [0.1, 0.15) is 174 Å². The SMILES string of the molecule is CCCCCCCCCCCCCCC(=O)O[C@@H](COC(=O)CCCCCCCCCCCCC)COP(=O)(O)OC[C@H](O)CO. The largest absolute Gasteiger partial charge is 0.472 e. The highest BCUT2D eigenvalue weighted by Crippen LogP contribution is 2.43. The Bertz CT molecular complexity index is 751. The van der Waals surface area contributed by atoms with Gasteiger partial charge in [0.15, 0.2) is 6.10 Å². The monoisotopic (exact) mass is 680 g/mol. The van der Waals surface area contributed by atoms with Crippen LogP contribution in [0.5, 0.6) is 0 Å². The van der Waals surface area contributed by atoms with Crippen LogP contribution in [-0.2, 0) is 32.7 Å². The van der Waals surface area contributed by atoms with E-state index in [0.29, 0.717) is 12.8 Å². The van der Waals surface area contributed by atoms with Crippen LogP contribution >= 0.6 is 7.82 Å². The number of carbonyl (C=O) groups excluding carboxylic acids is 2. The summed E-state index contributed by atoms with van der Waals surface area (Å²) in [6, 6.07) is 0. The average molecular weight is 681 g/mol. The van der Waals surface area contributed by atoms with E-state index in [2.05, 4.69) is 18.4 Å². The lowest BCUT2D eigenvalue weighted by Crippen LogP contribution is -2.29. The molecule has 0 amide bonds. The van der Waals surface area contributed by atoms with Gasteiger partial charge in [0.05, 0.1) is 19.8 Å². The van der Waals surface area contributed by atoms with Crippen molar-refractivity contribution < 1.29 is 47.8 Å². The lowest BCUT2D eigenvalue weighted by atomic mass is 10.0. The second-order valence-electron chi connectivity index (χ2n) is 12.6. The van der Waals surface area contributed by atoms with E-state index in [-0.39, 0.29) is 19.4 Å². The molecule has 0 saturated heterocycles. The Morgan fingerprint density at radius 1 is 0.565 bits per heavy atom. The van der Waals surface area contributed by atoms with Crippen molar-refractivity contribution in [3.63, 3.8) is 0 Å². The lowest BCUT2D eigenvalue weighted by molar-refractivity contribution is -0.161. The number of rotatable bonds is 35. The van der Waals surface area contributed by atoms with Crippen molar-refractivity contribution in [2.24, 2.45) is 0 Å². The Kier molecular flexibility index (Phi) is 31.8. The smallest absolute Gasteiger partial charge is 0.462 e. The third-order valence-corrected chi connectivity index (χ3v) is 8.96. The maximum Gasteiger partial charge on any atom is 0.472 e. The molecule has 0 saturated carbocycles. The number of aliphatic hydroxyl groups excluding tert-OH is 2. The van der Waals surface area contributed by atoms with Crippen molar-refractivity contribution in [3.05, 3.63) is 0 Å². The van der Waals surface area contributed by atoms with Gasteiger partial charge in [0.2, 0.25) is 0 Å². The quantitative estimate of drug-likeness (QED) is 0.0337. The van der Waals surface area contributed by atoms with Crippen LogP contribution in [0.2, 0.25) is 0 Å². The molecule has 0 aromatic rings. The first kappa shape index (κ1) is 45.0. The topological polar surface area (TPSA) is 149 Å². The Morgan fingerprint density at radius 2 is 0.935 bits per heavy atom. The Morgan fingerprint density at radius 3 is 1.35 bits per heavy atom. The van der Waals surface area contributed by atoms with E-state index in [0.717, 1.165) is 38.5 Å². The predicted octanol–water partition coefficient (Wildman–Crippen LogP) is 8.72. The maximum absolute atomic E-state index is 12.5. The van der Waals surface area contributed by atoms with Crippen molar-refractivity contribution in [3.8, 4) is 0 Å². The zero-order valence-electron chi connectivity index (χ0n) is 29.3. The van der Waals surface area contributed by atoms with E-state index >= 15 is 0 Å². The molecular formula is C35H69O10P. The fraction of sp³-hybridized carbons (Fsp3) is 0.943. The number of carbonyl (C=O) groups is 2. The molecule has 0 fully saturated rings. The second-order valence-corrected chi connectivity index (χ2v) is 14.1. The molecule has 1 unspecified atom stereocenters. The van der Waals surface area contributed by atoms with E-state index in [4.69, 9.17) is 19.1 Å². The minimum Gasteiger partial charge on any atom is -0.462 e. The Hall–Kier alpha value is -1.03. The molecule has 0 aliphatic carbocycles. The number of aliphatic hydroxyl groups is 2. The molecule has 11 heteroatoms. The molecule has 0 radical (unpaired) electrons. The molecule has 0 bridgehead atoms. The third kappa shape index (κ3) is 31.6. The molecule has 274 valence electrons. The molecule has 3 atom stereocenters. The van der Waals surface area contributed by atoms with Gasteiger partial charge in [-0.3, -0.25) is 18.6 Å². The highest BCUT2D eigenvalue weighted by Gasteiger charge is 2.27. The van der Waals surface area contributed by atoms with E-state index in [1.54, 1.807) is 0 Å². The fourth-order valence-corrected chi connectivity index (χ4v) is 5.90. The van der Waals surface area contributed by atoms with Crippen LogP contribution in [0.4, 0.5) is 0 Å². The Balaban J connectivity index is 4.37. The van der Waals surface area contributed by atoms with Gasteiger partial charge in [-0.05, 0) is 12.8 Å². The first-order valence-electron chi connectivity index (χ1n) is 18.5. The van der Waals surface area contributed by atoms with Gasteiger partial charge < -0.3 is 24.6 Å². The van der Waals surface area contributed by atoms with Crippen molar-refractivity contribution in [2.75, 3.05) is 26.4 Å². The molecule has 46 heavy (non-hydrogen) atoms.